The van der Waals surface area contributed by atoms with E-state index in [1.54, 1.807) is 0 Å². The molecular formula is C13H17NO3. The summed E-state index contributed by atoms with van der Waals surface area (Å²) in [4.78, 5) is 12.9. The highest BCUT2D eigenvalue weighted by Crippen LogP contribution is 2.22. The minimum Gasteiger partial charge on any atom is -0.479 e. The third-order valence-electron chi connectivity index (χ3n) is 3.26. The second-order valence-corrected chi connectivity index (χ2v) is 4.45. The number of aliphatic hydroxyl groups is 1. The van der Waals surface area contributed by atoms with Crippen molar-refractivity contribution in [2.75, 3.05) is 6.54 Å². The van der Waals surface area contributed by atoms with E-state index in [1.165, 1.54) is 0 Å². The molecule has 2 N–H and O–H groups in total. The van der Waals surface area contributed by atoms with Gasteiger partial charge < -0.3 is 10.2 Å². The van der Waals surface area contributed by atoms with Crippen LogP contribution in [0.5, 0.6) is 0 Å². The lowest BCUT2D eigenvalue weighted by Crippen LogP contribution is -2.42. The number of carboxylic acid groups (broad SMARTS) is 1. The van der Waals surface area contributed by atoms with Crippen molar-refractivity contribution >= 4 is 5.97 Å². The van der Waals surface area contributed by atoms with Crippen LogP contribution < -0.4 is 0 Å². The maximum absolute atomic E-state index is 10.8. The largest absolute Gasteiger partial charge is 0.479 e. The average Bonchev–Trinajstić information content (AvgIpc) is 2.77. The Balaban J connectivity index is 2.03. The molecule has 1 fully saturated rings. The van der Waals surface area contributed by atoms with E-state index >= 15 is 0 Å². The number of aliphatic hydroxyl groups excluding tert-OH is 1. The second-order valence-electron chi connectivity index (χ2n) is 4.45. The molecule has 1 heterocycles. The molecule has 4 nitrogen and oxygen atoms in total. The molecule has 2 rings (SSSR count). The Hall–Kier alpha value is -1.39. The van der Waals surface area contributed by atoms with Crippen LogP contribution in [0.3, 0.4) is 0 Å². The monoisotopic (exact) mass is 235 g/mol. The molecule has 0 saturated carbocycles. The second kappa shape index (κ2) is 5.29. The lowest BCUT2D eigenvalue weighted by molar-refractivity contribution is -0.150. The van der Waals surface area contributed by atoms with Gasteiger partial charge in [0.2, 0.25) is 0 Å². The molecule has 1 saturated heterocycles. The summed E-state index contributed by atoms with van der Waals surface area (Å²) in [5.41, 5.74) is 1.15. The predicted octanol–water partition coefficient (Wildman–Crippen LogP) is 1.10. The van der Waals surface area contributed by atoms with E-state index in [0.717, 1.165) is 24.9 Å². The van der Waals surface area contributed by atoms with Crippen LogP contribution in [-0.4, -0.2) is 39.8 Å². The lowest BCUT2D eigenvalue weighted by Gasteiger charge is -2.26. The molecule has 0 aliphatic carbocycles. The Bertz CT molecular complexity index is 380. The summed E-state index contributed by atoms with van der Waals surface area (Å²) in [6, 6.07) is 9.66. The molecule has 2 unspecified atom stereocenters. The van der Waals surface area contributed by atoms with Gasteiger partial charge in [0.25, 0.3) is 0 Å². The van der Waals surface area contributed by atoms with E-state index in [9.17, 15) is 9.90 Å². The van der Waals surface area contributed by atoms with E-state index in [4.69, 9.17) is 5.11 Å². The molecule has 17 heavy (non-hydrogen) atoms. The third-order valence-corrected chi connectivity index (χ3v) is 3.26. The van der Waals surface area contributed by atoms with Crippen LogP contribution in [0.25, 0.3) is 0 Å². The highest BCUT2D eigenvalue weighted by Gasteiger charge is 2.34. The predicted molar refractivity (Wildman–Crippen MR) is 63.5 cm³/mol. The fourth-order valence-corrected chi connectivity index (χ4v) is 2.39. The summed E-state index contributed by atoms with van der Waals surface area (Å²) in [5, 5.41) is 18.5. The minimum absolute atomic E-state index is 0.257. The summed E-state index contributed by atoms with van der Waals surface area (Å²) in [6.45, 7) is 1.56. The van der Waals surface area contributed by atoms with E-state index in [-0.39, 0.29) is 6.04 Å². The molecule has 0 amide bonds. The summed E-state index contributed by atoms with van der Waals surface area (Å²) in [7, 11) is 0. The van der Waals surface area contributed by atoms with E-state index in [0.29, 0.717) is 6.54 Å². The van der Waals surface area contributed by atoms with Crippen molar-refractivity contribution in [3.63, 3.8) is 0 Å². The first-order valence-electron chi connectivity index (χ1n) is 5.87. The van der Waals surface area contributed by atoms with Gasteiger partial charge in [-0.15, -0.1) is 0 Å². The van der Waals surface area contributed by atoms with Gasteiger partial charge in [0, 0.05) is 12.6 Å². The molecule has 0 spiro atoms. The van der Waals surface area contributed by atoms with E-state index in [2.05, 4.69) is 0 Å². The van der Waals surface area contributed by atoms with Crippen molar-refractivity contribution in [1.82, 2.24) is 4.90 Å². The van der Waals surface area contributed by atoms with Crippen LogP contribution in [0.1, 0.15) is 18.4 Å². The molecule has 0 bridgehead atoms. The Labute approximate surface area is 100 Å². The van der Waals surface area contributed by atoms with Crippen molar-refractivity contribution in [3.8, 4) is 0 Å². The van der Waals surface area contributed by atoms with Gasteiger partial charge in [-0.25, -0.2) is 4.79 Å². The lowest BCUT2D eigenvalue weighted by atomic mass is 10.1. The van der Waals surface area contributed by atoms with Gasteiger partial charge in [0.1, 0.15) is 0 Å². The first-order chi connectivity index (χ1) is 8.18. The number of benzene rings is 1. The number of hydrogen-bond donors (Lipinski definition) is 2. The molecule has 1 aromatic carbocycles. The maximum Gasteiger partial charge on any atom is 0.334 e. The van der Waals surface area contributed by atoms with Gasteiger partial charge in [-0.2, -0.15) is 0 Å². The molecule has 4 heteroatoms. The van der Waals surface area contributed by atoms with Crippen molar-refractivity contribution in [1.29, 1.82) is 0 Å². The number of hydrogen-bond acceptors (Lipinski definition) is 3. The smallest absolute Gasteiger partial charge is 0.334 e. The minimum atomic E-state index is -1.28. The molecule has 0 radical (unpaired) electrons. The number of aliphatic carboxylic acids is 1. The first kappa shape index (κ1) is 12.1. The maximum atomic E-state index is 10.8. The molecule has 0 aromatic heterocycles. The quantitative estimate of drug-likeness (QED) is 0.820. The van der Waals surface area contributed by atoms with Crippen LogP contribution in [0.15, 0.2) is 30.3 Å². The Morgan fingerprint density at radius 2 is 2.12 bits per heavy atom. The topological polar surface area (TPSA) is 60.8 Å². The van der Waals surface area contributed by atoms with Crippen LogP contribution in [0.2, 0.25) is 0 Å². The van der Waals surface area contributed by atoms with Crippen LogP contribution in [0.4, 0.5) is 0 Å². The molecule has 1 aliphatic heterocycles. The zero-order valence-electron chi connectivity index (χ0n) is 9.62. The molecule has 92 valence electrons. The first-order valence-corrected chi connectivity index (χ1v) is 5.87. The van der Waals surface area contributed by atoms with Crippen molar-refractivity contribution in [2.24, 2.45) is 0 Å². The van der Waals surface area contributed by atoms with Crippen LogP contribution in [-0.2, 0) is 11.3 Å². The Morgan fingerprint density at radius 3 is 2.76 bits per heavy atom. The zero-order valence-corrected chi connectivity index (χ0v) is 9.62. The van der Waals surface area contributed by atoms with E-state index in [1.807, 2.05) is 35.2 Å². The molecule has 2 atom stereocenters. The normalized spacial score (nSPS) is 22.5. The summed E-state index contributed by atoms with van der Waals surface area (Å²) >= 11 is 0. The Kier molecular flexibility index (Phi) is 3.76. The molecule has 1 aliphatic rings. The van der Waals surface area contributed by atoms with Crippen LogP contribution >= 0.6 is 0 Å². The molecule has 1 aromatic rings. The van der Waals surface area contributed by atoms with Gasteiger partial charge in [0.15, 0.2) is 6.10 Å². The number of carbonyl (C=O) groups is 1. The number of rotatable bonds is 4. The van der Waals surface area contributed by atoms with Crippen molar-refractivity contribution in [2.45, 2.75) is 31.5 Å². The van der Waals surface area contributed by atoms with Gasteiger partial charge in [-0.3, -0.25) is 4.90 Å². The standard InChI is InChI=1S/C13H17NO3/c15-12(13(16)17)11-7-4-8-14(11)9-10-5-2-1-3-6-10/h1-3,5-6,11-12,15H,4,7-9H2,(H,16,17). The molecular weight excluding hydrogens is 218 g/mol. The van der Waals surface area contributed by atoms with Gasteiger partial charge in [-0.05, 0) is 24.9 Å². The summed E-state index contributed by atoms with van der Waals surface area (Å²) in [5.74, 6) is -1.13. The number of likely N-dealkylation sites (tertiary alicyclic amines) is 1. The number of carboxylic acids is 1. The highest BCUT2D eigenvalue weighted by atomic mass is 16.4. The van der Waals surface area contributed by atoms with Crippen LogP contribution in [0, 0.1) is 0 Å². The van der Waals surface area contributed by atoms with Gasteiger partial charge in [0.05, 0.1) is 0 Å². The van der Waals surface area contributed by atoms with Gasteiger partial charge in [-0.1, -0.05) is 30.3 Å². The van der Waals surface area contributed by atoms with Crippen molar-refractivity contribution < 1.29 is 15.0 Å². The average molecular weight is 235 g/mol. The van der Waals surface area contributed by atoms with E-state index < -0.39 is 12.1 Å². The zero-order chi connectivity index (χ0) is 12.3. The highest BCUT2D eigenvalue weighted by molar-refractivity contribution is 5.73. The summed E-state index contributed by atoms with van der Waals surface area (Å²) < 4.78 is 0. The SMILES string of the molecule is O=C(O)C(O)C1CCCN1Cc1ccccc1. The fraction of sp³-hybridized carbons (Fsp3) is 0.462. The fourth-order valence-electron chi connectivity index (χ4n) is 2.39. The van der Waals surface area contributed by atoms with Gasteiger partial charge >= 0.3 is 5.97 Å². The Morgan fingerprint density at radius 1 is 1.41 bits per heavy atom. The third kappa shape index (κ3) is 2.84. The number of nitrogens with zero attached hydrogens (tertiary/aromatic N) is 1. The van der Waals surface area contributed by atoms with Crippen molar-refractivity contribution in [3.05, 3.63) is 35.9 Å². The summed E-state index contributed by atoms with van der Waals surface area (Å²) in [6.07, 6.45) is 0.420.